The molecule has 0 aromatic heterocycles. The first-order valence-corrected chi connectivity index (χ1v) is 4.88. The SMILES string of the molecule is C=CCOC(=O)/C(C)=C(/CC)OC(=O)C=C. The summed E-state index contributed by atoms with van der Waals surface area (Å²) in [6.07, 6.45) is 2.93. The van der Waals surface area contributed by atoms with Crippen LogP contribution in [0, 0.1) is 0 Å². The van der Waals surface area contributed by atoms with Crippen molar-refractivity contribution in [1.82, 2.24) is 0 Å². The van der Waals surface area contributed by atoms with Crippen LogP contribution in [-0.4, -0.2) is 18.5 Å². The summed E-state index contributed by atoms with van der Waals surface area (Å²) in [6, 6.07) is 0. The molecule has 0 bridgehead atoms. The highest BCUT2D eigenvalue weighted by Crippen LogP contribution is 2.12. The zero-order valence-corrected chi connectivity index (χ0v) is 9.62. The highest BCUT2D eigenvalue weighted by Gasteiger charge is 2.13. The highest BCUT2D eigenvalue weighted by molar-refractivity contribution is 5.89. The van der Waals surface area contributed by atoms with Crippen molar-refractivity contribution in [3.8, 4) is 0 Å². The number of allylic oxidation sites excluding steroid dienone is 1. The van der Waals surface area contributed by atoms with E-state index in [2.05, 4.69) is 13.2 Å². The van der Waals surface area contributed by atoms with Crippen molar-refractivity contribution in [3.63, 3.8) is 0 Å². The van der Waals surface area contributed by atoms with E-state index in [0.29, 0.717) is 12.2 Å². The molecule has 0 unspecified atom stereocenters. The number of hydrogen-bond acceptors (Lipinski definition) is 4. The standard InChI is InChI=1S/C12H16O4/c1-5-8-15-12(14)9(4)10(6-2)16-11(13)7-3/h5,7H,1,3,6,8H2,2,4H3/b10-9-. The monoisotopic (exact) mass is 224 g/mol. The van der Waals surface area contributed by atoms with Crippen molar-refractivity contribution in [1.29, 1.82) is 0 Å². The molecule has 0 aliphatic carbocycles. The van der Waals surface area contributed by atoms with E-state index in [9.17, 15) is 9.59 Å². The number of ether oxygens (including phenoxy) is 2. The lowest BCUT2D eigenvalue weighted by atomic mass is 10.2. The van der Waals surface area contributed by atoms with Gasteiger partial charge in [0.2, 0.25) is 0 Å². The number of esters is 2. The fraction of sp³-hybridized carbons (Fsp3) is 0.333. The van der Waals surface area contributed by atoms with E-state index in [1.165, 1.54) is 6.08 Å². The average Bonchev–Trinajstić information content (AvgIpc) is 2.31. The molecule has 0 fully saturated rings. The van der Waals surface area contributed by atoms with E-state index >= 15 is 0 Å². The predicted molar refractivity (Wildman–Crippen MR) is 60.4 cm³/mol. The van der Waals surface area contributed by atoms with Crippen molar-refractivity contribution >= 4 is 11.9 Å². The molecular weight excluding hydrogens is 208 g/mol. The molecule has 88 valence electrons. The van der Waals surface area contributed by atoms with Crippen LogP contribution in [0.15, 0.2) is 36.6 Å². The van der Waals surface area contributed by atoms with Gasteiger partial charge < -0.3 is 9.47 Å². The maximum absolute atomic E-state index is 11.4. The summed E-state index contributed by atoms with van der Waals surface area (Å²) in [4.78, 5) is 22.4. The van der Waals surface area contributed by atoms with Gasteiger partial charge in [-0.3, -0.25) is 0 Å². The van der Waals surface area contributed by atoms with Gasteiger partial charge in [-0.05, 0) is 6.92 Å². The first-order valence-electron chi connectivity index (χ1n) is 4.88. The topological polar surface area (TPSA) is 52.6 Å². The van der Waals surface area contributed by atoms with Gasteiger partial charge in [0.05, 0.1) is 5.57 Å². The maximum Gasteiger partial charge on any atom is 0.337 e. The van der Waals surface area contributed by atoms with Crippen LogP contribution in [0.2, 0.25) is 0 Å². The Bertz CT molecular complexity index is 326. The smallest absolute Gasteiger partial charge is 0.337 e. The molecule has 0 aliphatic heterocycles. The van der Waals surface area contributed by atoms with Gasteiger partial charge in [-0.2, -0.15) is 0 Å². The van der Waals surface area contributed by atoms with Crippen LogP contribution < -0.4 is 0 Å². The van der Waals surface area contributed by atoms with E-state index in [0.717, 1.165) is 6.08 Å². The molecule has 0 aromatic rings. The number of hydrogen-bond donors (Lipinski definition) is 0. The van der Waals surface area contributed by atoms with E-state index in [4.69, 9.17) is 9.47 Å². The van der Waals surface area contributed by atoms with Gasteiger partial charge in [0, 0.05) is 12.5 Å². The summed E-state index contributed by atoms with van der Waals surface area (Å²) in [7, 11) is 0. The molecule has 16 heavy (non-hydrogen) atoms. The highest BCUT2D eigenvalue weighted by atomic mass is 16.5. The van der Waals surface area contributed by atoms with Crippen LogP contribution in [0.5, 0.6) is 0 Å². The summed E-state index contributed by atoms with van der Waals surface area (Å²) in [6.45, 7) is 10.1. The Morgan fingerprint density at radius 3 is 2.38 bits per heavy atom. The van der Waals surface area contributed by atoms with E-state index < -0.39 is 11.9 Å². The number of carbonyl (C=O) groups excluding carboxylic acids is 2. The lowest BCUT2D eigenvalue weighted by molar-refractivity contribution is -0.138. The first-order chi connectivity index (χ1) is 7.56. The molecule has 0 spiro atoms. The van der Waals surface area contributed by atoms with Gasteiger partial charge in [0.1, 0.15) is 12.4 Å². The fourth-order valence-corrected chi connectivity index (χ4v) is 0.934. The Kier molecular flexibility index (Phi) is 6.59. The molecule has 0 heterocycles. The Hall–Kier alpha value is -1.84. The molecule has 0 radical (unpaired) electrons. The average molecular weight is 224 g/mol. The Labute approximate surface area is 95.2 Å². The minimum absolute atomic E-state index is 0.128. The molecular formula is C12H16O4. The molecule has 0 rings (SSSR count). The van der Waals surface area contributed by atoms with Crippen molar-refractivity contribution in [2.24, 2.45) is 0 Å². The normalized spacial score (nSPS) is 11.1. The quantitative estimate of drug-likeness (QED) is 0.300. The van der Waals surface area contributed by atoms with Gasteiger partial charge >= 0.3 is 11.9 Å². The molecule has 0 saturated carbocycles. The van der Waals surface area contributed by atoms with Crippen LogP contribution in [0.3, 0.4) is 0 Å². The van der Waals surface area contributed by atoms with E-state index in [1.54, 1.807) is 13.8 Å². The largest absolute Gasteiger partial charge is 0.458 e. The summed E-state index contributed by atoms with van der Waals surface area (Å²) in [5.41, 5.74) is 0.277. The lowest BCUT2D eigenvalue weighted by Crippen LogP contribution is -2.11. The Morgan fingerprint density at radius 2 is 1.94 bits per heavy atom. The first kappa shape index (κ1) is 14.2. The van der Waals surface area contributed by atoms with Crippen LogP contribution in [-0.2, 0) is 19.1 Å². The molecule has 0 aromatic carbocycles. The summed E-state index contributed by atoms with van der Waals surface area (Å²) < 4.78 is 9.73. The van der Waals surface area contributed by atoms with Crippen molar-refractivity contribution in [3.05, 3.63) is 36.6 Å². The van der Waals surface area contributed by atoms with E-state index in [-0.39, 0.29) is 12.2 Å². The van der Waals surface area contributed by atoms with Crippen molar-refractivity contribution in [2.45, 2.75) is 20.3 Å². The molecule has 4 heteroatoms. The fourth-order valence-electron chi connectivity index (χ4n) is 0.934. The van der Waals surface area contributed by atoms with Gasteiger partial charge in [0.25, 0.3) is 0 Å². The second kappa shape index (κ2) is 7.45. The molecule has 0 atom stereocenters. The molecule has 0 saturated heterocycles. The second-order valence-corrected chi connectivity index (χ2v) is 2.91. The minimum Gasteiger partial charge on any atom is -0.458 e. The predicted octanol–water partition coefficient (Wildman–Crippen LogP) is 2.13. The third-order valence-electron chi connectivity index (χ3n) is 1.77. The zero-order valence-electron chi connectivity index (χ0n) is 9.62. The second-order valence-electron chi connectivity index (χ2n) is 2.91. The third-order valence-corrected chi connectivity index (χ3v) is 1.77. The Morgan fingerprint density at radius 1 is 1.31 bits per heavy atom. The van der Waals surface area contributed by atoms with Crippen LogP contribution in [0.4, 0.5) is 0 Å². The van der Waals surface area contributed by atoms with Crippen LogP contribution in [0.1, 0.15) is 20.3 Å². The maximum atomic E-state index is 11.4. The summed E-state index contributed by atoms with van der Waals surface area (Å²) in [5.74, 6) is -0.819. The summed E-state index contributed by atoms with van der Waals surface area (Å²) >= 11 is 0. The van der Waals surface area contributed by atoms with Gasteiger partial charge in [0.15, 0.2) is 0 Å². The number of carbonyl (C=O) groups is 2. The van der Waals surface area contributed by atoms with Crippen molar-refractivity contribution in [2.75, 3.05) is 6.61 Å². The van der Waals surface area contributed by atoms with Gasteiger partial charge in [-0.15, -0.1) is 0 Å². The zero-order chi connectivity index (χ0) is 12.6. The third kappa shape index (κ3) is 4.59. The van der Waals surface area contributed by atoms with Crippen LogP contribution >= 0.6 is 0 Å². The summed E-state index contributed by atoms with van der Waals surface area (Å²) in [5, 5.41) is 0. The van der Waals surface area contributed by atoms with E-state index in [1.807, 2.05) is 0 Å². The number of rotatable bonds is 6. The van der Waals surface area contributed by atoms with Gasteiger partial charge in [-0.1, -0.05) is 26.2 Å². The molecule has 0 aliphatic rings. The van der Waals surface area contributed by atoms with Crippen LogP contribution in [0.25, 0.3) is 0 Å². The van der Waals surface area contributed by atoms with Crippen molar-refractivity contribution < 1.29 is 19.1 Å². The molecule has 4 nitrogen and oxygen atoms in total. The lowest BCUT2D eigenvalue weighted by Gasteiger charge is -2.08. The minimum atomic E-state index is -0.590. The molecule has 0 N–H and O–H groups in total. The molecule has 0 amide bonds. The Balaban J connectivity index is 4.71. The van der Waals surface area contributed by atoms with Gasteiger partial charge in [-0.25, -0.2) is 9.59 Å².